The number of rotatable bonds is 3. The summed E-state index contributed by atoms with van der Waals surface area (Å²) < 4.78 is 11.9. The summed E-state index contributed by atoms with van der Waals surface area (Å²) in [6, 6.07) is 9.52. The van der Waals surface area contributed by atoms with E-state index in [2.05, 4.69) is 41.2 Å². The fraction of sp³-hybridized carbons (Fsp3) is 0.545. The highest BCUT2D eigenvalue weighted by molar-refractivity contribution is 5.44. The van der Waals surface area contributed by atoms with Crippen LogP contribution >= 0.6 is 0 Å². The zero-order valence-corrected chi connectivity index (χ0v) is 16.0. The van der Waals surface area contributed by atoms with E-state index in [0.717, 1.165) is 50.3 Å². The van der Waals surface area contributed by atoms with Crippen molar-refractivity contribution in [2.75, 3.05) is 26.8 Å². The number of nitrogens with zero attached hydrogens (tertiary/aromatic N) is 3. The van der Waals surface area contributed by atoms with E-state index in [1.807, 2.05) is 6.20 Å². The number of fused-ring (bicyclic) bond motifs is 3. The average Bonchev–Trinajstić information content (AvgIpc) is 3.11. The van der Waals surface area contributed by atoms with Gasteiger partial charge in [-0.1, -0.05) is 18.2 Å². The van der Waals surface area contributed by atoms with E-state index in [0.29, 0.717) is 18.7 Å². The van der Waals surface area contributed by atoms with E-state index < -0.39 is 0 Å². The van der Waals surface area contributed by atoms with Gasteiger partial charge in [0.25, 0.3) is 0 Å². The molecule has 1 unspecified atom stereocenters. The molecule has 1 saturated heterocycles. The molecule has 142 valence electrons. The van der Waals surface area contributed by atoms with Gasteiger partial charge in [-0.15, -0.1) is 0 Å². The molecule has 0 radical (unpaired) electrons. The Balaban J connectivity index is 1.38. The molecular weight excluding hydrogens is 338 g/mol. The van der Waals surface area contributed by atoms with Crippen molar-refractivity contribution in [2.24, 2.45) is 0 Å². The quantitative estimate of drug-likeness (QED) is 0.836. The lowest BCUT2D eigenvalue weighted by Crippen LogP contribution is -2.39. The molecule has 5 nitrogen and oxygen atoms in total. The van der Waals surface area contributed by atoms with E-state index in [4.69, 9.17) is 14.5 Å². The summed E-state index contributed by atoms with van der Waals surface area (Å²) in [5.41, 5.74) is 3.91. The number of aryl methyl sites for hydroxylation is 1. The highest BCUT2D eigenvalue weighted by atomic mass is 16.5. The number of likely N-dealkylation sites (tertiary alicyclic amines) is 1. The van der Waals surface area contributed by atoms with Crippen molar-refractivity contribution in [1.29, 1.82) is 0 Å². The maximum Gasteiger partial charge on any atom is 0.316 e. The summed E-state index contributed by atoms with van der Waals surface area (Å²) in [4.78, 5) is 11.7. The maximum atomic E-state index is 5.98. The Morgan fingerprint density at radius 3 is 3.11 bits per heavy atom. The van der Waals surface area contributed by atoms with Gasteiger partial charge in [0.2, 0.25) is 0 Å². The van der Waals surface area contributed by atoms with Crippen LogP contribution in [0.5, 0.6) is 11.8 Å². The molecule has 1 aromatic heterocycles. The molecule has 2 aliphatic heterocycles. The van der Waals surface area contributed by atoms with Crippen LogP contribution < -0.4 is 9.47 Å². The second kappa shape index (κ2) is 6.79. The third kappa shape index (κ3) is 3.08. The molecule has 27 heavy (non-hydrogen) atoms. The summed E-state index contributed by atoms with van der Waals surface area (Å²) in [6.45, 7) is 2.62. The SMILES string of the molecule is CN1CCC[C@H]1COc1ncc2c(n1)CC1(CCOc3ccccc31)CC2. The molecule has 2 atom stereocenters. The lowest BCUT2D eigenvalue weighted by Gasteiger charge is -2.41. The van der Waals surface area contributed by atoms with Gasteiger partial charge in [0.1, 0.15) is 12.4 Å². The third-order valence-electron chi connectivity index (χ3n) is 6.68. The standard InChI is InChI=1S/C22H27N3O2/c1-25-11-4-5-17(25)15-27-21-23-14-16-8-9-22(13-19(16)24-21)10-12-26-20-7-3-2-6-18(20)22/h2-3,6-7,14,17H,4-5,8-13,15H2,1H3/t17-,22?/m0/s1. The lowest BCUT2D eigenvalue weighted by atomic mass is 9.66. The predicted octanol–water partition coefficient (Wildman–Crippen LogP) is 3.16. The van der Waals surface area contributed by atoms with Crippen molar-refractivity contribution >= 4 is 0 Å². The Labute approximate surface area is 160 Å². The summed E-state index contributed by atoms with van der Waals surface area (Å²) in [5.74, 6) is 1.04. The molecule has 0 saturated carbocycles. The fourth-order valence-electron chi connectivity index (χ4n) is 4.96. The van der Waals surface area contributed by atoms with Crippen LogP contribution in [0.4, 0.5) is 0 Å². The van der Waals surface area contributed by atoms with Crippen LogP contribution in [0, 0.1) is 0 Å². The zero-order valence-electron chi connectivity index (χ0n) is 16.0. The van der Waals surface area contributed by atoms with Crippen LogP contribution in [0.25, 0.3) is 0 Å². The first-order chi connectivity index (χ1) is 13.2. The molecule has 0 N–H and O–H groups in total. The maximum absolute atomic E-state index is 5.98. The molecule has 1 fully saturated rings. The summed E-state index contributed by atoms with van der Waals surface area (Å²) in [5, 5.41) is 0. The van der Waals surface area contributed by atoms with Crippen LogP contribution in [0.1, 0.15) is 42.5 Å². The second-order valence-corrected chi connectivity index (χ2v) is 8.26. The molecule has 0 amide bonds. The van der Waals surface area contributed by atoms with Gasteiger partial charge in [-0.05, 0) is 57.3 Å². The van der Waals surface area contributed by atoms with Crippen molar-refractivity contribution in [3.05, 3.63) is 47.3 Å². The fourth-order valence-corrected chi connectivity index (χ4v) is 4.96. The molecule has 0 bridgehead atoms. The molecule has 5 rings (SSSR count). The second-order valence-electron chi connectivity index (χ2n) is 8.26. The van der Waals surface area contributed by atoms with Gasteiger partial charge in [-0.3, -0.25) is 0 Å². The van der Waals surface area contributed by atoms with Crippen molar-refractivity contribution in [2.45, 2.75) is 50.0 Å². The van der Waals surface area contributed by atoms with Gasteiger partial charge in [0, 0.05) is 29.6 Å². The molecule has 5 heteroatoms. The van der Waals surface area contributed by atoms with Crippen LogP contribution in [-0.2, 0) is 18.3 Å². The first-order valence-corrected chi connectivity index (χ1v) is 10.1. The largest absolute Gasteiger partial charge is 0.493 e. The molecule has 1 aromatic carbocycles. The summed E-state index contributed by atoms with van der Waals surface area (Å²) in [6.07, 6.45) is 8.59. The van der Waals surface area contributed by atoms with Gasteiger partial charge >= 0.3 is 6.01 Å². The lowest BCUT2D eigenvalue weighted by molar-refractivity contribution is 0.183. The normalized spacial score (nSPS) is 27.1. The Morgan fingerprint density at radius 2 is 2.22 bits per heavy atom. The monoisotopic (exact) mass is 365 g/mol. The average molecular weight is 365 g/mol. The number of hydrogen-bond acceptors (Lipinski definition) is 5. The number of likely N-dealkylation sites (N-methyl/N-ethyl adjacent to an activating group) is 1. The first kappa shape index (κ1) is 17.0. The van der Waals surface area contributed by atoms with E-state index >= 15 is 0 Å². The van der Waals surface area contributed by atoms with Gasteiger partial charge in [0.15, 0.2) is 0 Å². The van der Waals surface area contributed by atoms with Crippen LogP contribution in [0.2, 0.25) is 0 Å². The minimum Gasteiger partial charge on any atom is -0.493 e. The van der Waals surface area contributed by atoms with E-state index in [1.54, 1.807) is 0 Å². The van der Waals surface area contributed by atoms with E-state index in [1.165, 1.54) is 24.0 Å². The number of benzene rings is 1. The van der Waals surface area contributed by atoms with Crippen LogP contribution in [0.3, 0.4) is 0 Å². The number of aromatic nitrogens is 2. The van der Waals surface area contributed by atoms with Crippen molar-refractivity contribution in [3.8, 4) is 11.8 Å². The van der Waals surface area contributed by atoms with Crippen LogP contribution in [0.15, 0.2) is 30.5 Å². The van der Waals surface area contributed by atoms with E-state index in [9.17, 15) is 0 Å². The molecule has 3 heterocycles. The molecule has 3 aliphatic rings. The van der Waals surface area contributed by atoms with Crippen molar-refractivity contribution in [1.82, 2.24) is 14.9 Å². The highest BCUT2D eigenvalue weighted by Gasteiger charge is 2.41. The smallest absolute Gasteiger partial charge is 0.316 e. The Kier molecular flexibility index (Phi) is 4.27. The highest BCUT2D eigenvalue weighted by Crippen LogP contribution is 2.46. The molecular formula is C22H27N3O2. The van der Waals surface area contributed by atoms with Gasteiger partial charge in [-0.2, -0.15) is 4.98 Å². The van der Waals surface area contributed by atoms with Gasteiger partial charge in [0.05, 0.1) is 12.3 Å². The minimum absolute atomic E-state index is 0.138. The Hall–Kier alpha value is -2.14. The van der Waals surface area contributed by atoms with Gasteiger partial charge < -0.3 is 14.4 Å². The molecule has 1 aliphatic carbocycles. The zero-order chi connectivity index (χ0) is 18.3. The summed E-state index contributed by atoms with van der Waals surface area (Å²) in [7, 11) is 2.17. The summed E-state index contributed by atoms with van der Waals surface area (Å²) >= 11 is 0. The number of hydrogen-bond donors (Lipinski definition) is 0. The van der Waals surface area contributed by atoms with Crippen molar-refractivity contribution in [3.63, 3.8) is 0 Å². The Morgan fingerprint density at radius 1 is 1.30 bits per heavy atom. The number of para-hydroxylation sites is 1. The minimum atomic E-state index is 0.138. The third-order valence-corrected chi connectivity index (χ3v) is 6.68. The predicted molar refractivity (Wildman–Crippen MR) is 103 cm³/mol. The van der Waals surface area contributed by atoms with Crippen LogP contribution in [-0.4, -0.2) is 47.7 Å². The van der Waals surface area contributed by atoms with E-state index in [-0.39, 0.29) is 5.41 Å². The first-order valence-electron chi connectivity index (χ1n) is 10.1. The number of ether oxygens (including phenoxy) is 2. The Bertz CT molecular complexity index is 840. The topological polar surface area (TPSA) is 47.5 Å². The molecule has 2 aromatic rings. The van der Waals surface area contributed by atoms with Crippen molar-refractivity contribution < 1.29 is 9.47 Å². The van der Waals surface area contributed by atoms with Gasteiger partial charge in [-0.25, -0.2) is 4.98 Å². The molecule has 1 spiro atoms.